The summed E-state index contributed by atoms with van der Waals surface area (Å²) in [7, 11) is 1.66. The highest BCUT2D eigenvalue weighted by molar-refractivity contribution is 7.99. The van der Waals surface area contributed by atoms with Crippen molar-refractivity contribution in [1.29, 1.82) is 0 Å². The number of aromatic nitrogens is 2. The quantitative estimate of drug-likeness (QED) is 0.573. The van der Waals surface area contributed by atoms with E-state index < -0.39 is 0 Å². The molecule has 0 atom stereocenters. The lowest BCUT2D eigenvalue weighted by molar-refractivity contribution is -0.127. The Morgan fingerprint density at radius 1 is 1.38 bits per heavy atom. The molecule has 5 nitrogen and oxygen atoms in total. The lowest BCUT2D eigenvalue weighted by Crippen LogP contribution is -2.28. The molecule has 0 unspecified atom stereocenters. The molecule has 136 valence electrons. The number of thioether (sulfide) groups is 1. The fourth-order valence-electron chi connectivity index (χ4n) is 2.14. The van der Waals surface area contributed by atoms with Crippen molar-refractivity contribution in [2.75, 3.05) is 12.8 Å². The fraction of sp³-hybridized carbons (Fsp3) is 0.235. The number of benzene rings is 1. The summed E-state index contributed by atoms with van der Waals surface area (Å²) in [5, 5.41) is 6.21. The van der Waals surface area contributed by atoms with Gasteiger partial charge in [0, 0.05) is 23.4 Å². The van der Waals surface area contributed by atoms with E-state index in [9.17, 15) is 9.18 Å². The van der Waals surface area contributed by atoms with Gasteiger partial charge < -0.3 is 9.42 Å². The number of rotatable bonds is 7. The van der Waals surface area contributed by atoms with Crippen molar-refractivity contribution in [2.45, 2.75) is 12.3 Å². The summed E-state index contributed by atoms with van der Waals surface area (Å²) >= 11 is 8.80. The zero-order chi connectivity index (χ0) is 18.5. The highest BCUT2D eigenvalue weighted by Crippen LogP contribution is 2.24. The van der Waals surface area contributed by atoms with Gasteiger partial charge in [0.05, 0.1) is 17.2 Å². The van der Waals surface area contributed by atoms with Crippen LogP contribution < -0.4 is 0 Å². The Morgan fingerprint density at radius 3 is 2.96 bits per heavy atom. The minimum Gasteiger partial charge on any atom is -0.337 e. The van der Waals surface area contributed by atoms with E-state index in [1.54, 1.807) is 19.2 Å². The van der Waals surface area contributed by atoms with Crippen LogP contribution in [0.2, 0.25) is 5.02 Å². The maximum Gasteiger partial charge on any atom is 0.246 e. The van der Waals surface area contributed by atoms with Gasteiger partial charge in [-0.2, -0.15) is 4.98 Å². The zero-order valence-electron chi connectivity index (χ0n) is 13.8. The second-order valence-electron chi connectivity index (χ2n) is 5.43. The number of halogens is 2. The second-order valence-corrected chi connectivity index (χ2v) is 7.77. The van der Waals surface area contributed by atoms with Gasteiger partial charge in [0.1, 0.15) is 5.82 Å². The molecule has 2 heterocycles. The molecule has 0 saturated carbocycles. The van der Waals surface area contributed by atoms with Crippen molar-refractivity contribution in [3.8, 4) is 10.7 Å². The number of nitrogens with zero attached hydrogens (tertiary/aromatic N) is 3. The Bertz CT molecular complexity index is 866. The van der Waals surface area contributed by atoms with Crippen molar-refractivity contribution < 1.29 is 13.7 Å². The first-order valence-electron chi connectivity index (χ1n) is 7.65. The lowest BCUT2D eigenvalue weighted by atomic mass is 10.2. The van der Waals surface area contributed by atoms with Crippen LogP contribution in [0.25, 0.3) is 10.7 Å². The number of hydrogen-bond donors (Lipinski definition) is 0. The van der Waals surface area contributed by atoms with Crippen LogP contribution in [0.5, 0.6) is 0 Å². The van der Waals surface area contributed by atoms with Crippen LogP contribution in [0.1, 0.15) is 11.5 Å². The average molecular weight is 412 g/mol. The van der Waals surface area contributed by atoms with E-state index in [2.05, 4.69) is 10.1 Å². The lowest BCUT2D eigenvalue weighted by Gasteiger charge is -2.14. The third kappa shape index (κ3) is 4.63. The Balaban J connectivity index is 1.50. The largest absolute Gasteiger partial charge is 0.337 e. The van der Waals surface area contributed by atoms with Crippen LogP contribution in [0.3, 0.4) is 0 Å². The highest BCUT2D eigenvalue weighted by atomic mass is 35.5. The maximum atomic E-state index is 13.7. The summed E-state index contributed by atoms with van der Waals surface area (Å²) < 4.78 is 18.9. The van der Waals surface area contributed by atoms with E-state index in [0.717, 1.165) is 4.88 Å². The van der Waals surface area contributed by atoms with Gasteiger partial charge in [-0.05, 0) is 23.6 Å². The SMILES string of the molecule is CN(Cc1nc(-c2cccs2)no1)C(=O)CSCc1c(F)cccc1Cl. The number of carbonyl (C=O) groups is 1. The Morgan fingerprint density at radius 2 is 2.23 bits per heavy atom. The third-order valence-corrected chi connectivity index (χ3v) is 5.71. The van der Waals surface area contributed by atoms with Gasteiger partial charge >= 0.3 is 0 Å². The molecular weight excluding hydrogens is 397 g/mol. The minimum absolute atomic E-state index is 0.113. The van der Waals surface area contributed by atoms with Crippen molar-refractivity contribution >= 4 is 40.6 Å². The fourth-order valence-corrected chi connectivity index (χ4v) is 4.09. The van der Waals surface area contributed by atoms with Crippen molar-refractivity contribution in [3.63, 3.8) is 0 Å². The van der Waals surface area contributed by atoms with Crippen LogP contribution in [-0.2, 0) is 17.1 Å². The van der Waals surface area contributed by atoms with Crippen molar-refractivity contribution in [2.24, 2.45) is 0 Å². The molecule has 0 radical (unpaired) electrons. The first-order valence-corrected chi connectivity index (χ1v) is 10.1. The summed E-state index contributed by atoms with van der Waals surface area (Å²) in [4.78, 5) is 18.9. The van der Waals surface area contributed by atoms with Crippen LogP contribution in [0.15, 0.2) is 40.2 Å². The monoisotopic (exact) mass is 411 g/mol. The molecule has 0 bridgehead atoms. The predicted octanol–water partition coefficient (Wildman–Crippen LogP) is 4.48. The molecule has 0 saturated heterocycles. The number of amides is 1. The molecule has 9 heteroatoms. The molecule has 3 aromatic rings. The number of thiophene rings is 1. The van der Waals surface area contributed by atoms with Gasteiger partial charge in [-0.3, -0.25) is 4.79 Å². The standard InChI is InChI=1S/C17H15ClFN3O2S2/c1-22(8-15-20-17(21-24-15)14-6-3-7-26-14)16(23)10-25-9-11-12(18)4-2-5-13(11)19/h2-7H,8-10H2,1H3. The van der Waals surface area contributed by atoms with Gasteiger partial charge in [-0.1, -0.05) is 28.9 Å². The smallest absolute Gasteiger partial charge is 0.246 e. The van der Waals surface area contributed by atoms with E-state index in [1.807, 2.05) is 17.5 Å². The van der Waals surface area contributed by atoms with Crippen LogP contribution in [-0.4, -0.2) is 33.7 Å². The summed E-state index contributed by atoms with van der Waals surface area (Å²) in [6.45, 7) is 0.220. The molecule has 0 aliphatic rings. The van der Waals surface area contributed by atoms with E-state index in [4.69, 9.17) is 16.1 Å². The van der Waals surface area contributed by atoms with E-state index in [0.29, 0.717) is 28.1 Å². The maximum absolute atomic E-state index is 13.7. The first kappa shape index (κ1) is 18.9. The Kier molecular flexibility index (Phi) is 6.29. The molecule has 0 aliphatic heterocycles. The molecular formula is C17H15ClFN3O2S2. The average Bonchev–Trinajstić information content (AvgIpc) is 3.28. The molecule has 26 heavy (non-hydrogen) atoms. The first-order chi connectivity index (χ1) is 12.5. The van der Waals surface area contributed by atoms with Gasteiger partial charge in [0.2, 0.25) is 17.6 Å². The molecule has 0 fully saturated rings. The molecule has 2 aromatic heterocycles. The Labute approximate surface area is 163 Å². The molecule has 1 amide bonds. The van der Waals surface area contributed by atoms with Gasteiger partial charge in [0.25, 0.3) is 0 Å². The van der Waals surface area contributed by atoms with E-state index in [-0.39, 0.29) is 24.0 Å². The van der Waals surface area contributed by atoms with Crippen LogP contribution in [0, 0.1) is 5.82 Å². The molecule has 0 spiro atoms. The van der Waals surface area contributed by atoms with E-state index in [1.165, 1.54) is 34.1 Å². The van der Waals surface area contributed by atoms with Crippen molar-refractivity contribution in [1.82, 2.24) is 15.0 Å². The predicted molar refractivity (Wildman–Crippen MR) is 102 cm³/mol. The number of carbonyl (C=O) groups excluding carboxylic acids is 1. The van der Waals surface area contributed by atoms with Gasteiger partial charge in [-0.25, -0.2) is 4.39 Å². The summed E-state index contributed by atoms with van der Waals surface area (Å²) in [6.07, 6.45) is 0. The zero-order valence-corrected chi connectivity index (χ0v) is 16.2. The molecule has 3 rings (SSSR count). The second kappa shape index (κ2) is 8.66. The van der Waals surface area contributed by atoms with Crippen molar-refractivity contribution in [3.05, 3.63) is 58.0 Å². The van der Waals surface area contributed by atoms with Gasteiger partial charge in [0.15, 0.2) is 0 Å². The van der Waals surface area contributed by atoms with E-state index >= 15 is 0 Å². The third-order valence-electron chi connectivity index (χ3n) is 3.54. The topological polar surface area (TPSA) is 59.2 Å². The summed E-state index contributed by atoms with van der Waals surface area (Å²) in [5.74, 6) is 0.934. The normalized spacial score (nSPS) is 10.9. The summed E-state index contributed by atoms with van der Waals surface area (Å²) in [6, 6.07) is 8.36. The van der Waals surface area contributed by atoms with Crippen LogP contribution >= 0.6 is 34.7 Å². The Hall–Kier alpha value is -1.90. The number of hydrogen-bond acceptors (Lipinski definition) is 6. The van der Waals surface area contributed by atoms with Gasteiger partial charge in [-0.15, -0.1) is 23.1 Å². The summed E-state index contributed by atoms with van der Waals surface area (Å²) in [5.41, 5.74) is 0.409. The molecule has 0 N–H and O–H groups in total. The highest BCUT2D eigenvalue weighted by Gasteiger charge is 2.16. The van der Waals surface area contributed by atoms with Crippen LogP contribution in [0.4, 0.5) is 4.39 Å². The minimum atomic E-state index is -0.363. The molecule has 1 aromatic carbocycles. The molecule has 0 aliphatic carbocycles.